The van der Waals surface area contributed by atoms with Crippen molar-refractivity contribution in [2.75, 3.05) is 13.1 Å². The number of hydrogen-bond acceptors (Lipinski definition) is 8. The van der Waals surface area contributed by atoms with Crippen LogP contribution in [0, 0.1) is 0 Å². The normalized spacial score (nSPS) is 16.6. The molecule has 0 saturated carbocycles. The van der Waals surface area contributed by atoms with Gasteiger partial charge in [0.05, 0.1) is 11.1 Å². The van der Waals surface area contributed by atoms with Gasteiger partial charge in [0.15, 0.2) is 0 Å². The van der Waals surface area contributed by atoms with Crippen LogP contribution in [0.4, 0.5) is 0 Å². The molecule has 126 valence electrons. The number of hydrazine groups is 2. The lowest BCUT2D eigenvalue weighted by atomic mass is 10.1. The first-order chi connectivity index (χ1) is 11.5. The van der Waals surface area contributed by atoms with Crippen molar-refractivity contribution >= 4 is 28.8 Å². The Morgan fingerprint density at radius 1 is 1.17 bits per heavy atom. The Kier molecular flexibility index (Phi) is 4.45. The molecule has 8 nitrogen and oxygen atoms in total. The lowest BCUT2D eigenvalue weighted by Crippen LogP contribution is -2.47. The SMILES string of the molecule is CCN(CC)C1=CC(SN2C(=O)c3ccccc3C2=O)=NN(N)N1. The van der Waals surface area contributed by atoms with Crippen molar-refractivity contribution in [1.29, 1.82) is 0 Å². The van der Waals surface area contributed by atoms with Gasteiger partial charge in [0, 0.05) is 31.1 Å². The Labute approximate surface area is 144 Å². The highest BCUT2D eigenvalue weighted by Crippen LogP contribution is 2.30. The lowest BCUT2D eigenvalue weighted by Gasteiger charge is -2.30. The lowest BCUT2D eigenvalue weighted by molar-refractivity contribution is 0.0778. The maximum Gasteiger partial charge on any atom is 0.272 e. The summed E-state index contributed by atoms with van der Waals surface area (Å²) in [5, 5.41) is 5.64. The van der Waals surface area contributed by atoms with E-state index in [0.717, 1.165) is 40.4 Å². The highest BCUT2D eigenvalue weighted by molar-refractivity contribution is 8.13. The van der Waals surface area contributed by atoms with Crippen LogP contribution in [-0.2, 0) is 0 Å². The van der Waals surface area contributed by atoms with Gasteiger partial charge in [-0.3, -0.25) is 15.0 Å². The Morgan fingerprint density at radius 2 is 1.75 bits per heavy atom. The molecule has 0 unspecified atom stereocenters. The summed E-state index contributed by atoms with van der Waals surface area (Å²) in [6, 6.07) is 6.76. The van der Waals surface area contributed by atoms with Gasteiger partial charge in [-0.05, 0) is 26.0 Å². The number of amides is 2. The minimum atomic E-state index is -0.344. The van der Waals surface area contributed by atoms with E-state index in [1.165, 1.54) is 0 Å². The molecule has 0 spiro atoms. The van der Waals surface area contributed by atoms with E-state index in [4.69, 9.17) is 5.84 Å². The summed E-state index contributed by atoms with van der Waals surface area (Å²) in [6.07, 6.45) is 1.77. The van der Waals surface area contributed by atoms with Gasteiger partial charge in [0.1, 0.15) is 10.9 Å². The second-order valence-electron chi connectivity index (χ2n) is 5.14. The van der Waals surface area contributed by atoms with E-state index in [-0.39, 0.29) is 11.8 Å². The van der Waals surface area contributed by atoms with Gasteiger partial charge in [0.2, 0.25) is 0 Å². The molecule has 0 aromatic heterocycles. The van der Waals surface area contributed by atoms with Crippen LogP contribution in [0.1, 0.15) is 34.6 Å². The second-order valence-corrected chi connectivity index (χ2v) is 6.10. The van der Waals surface area contributed by atoms with Crippen LogP contribution in [0.5, 0.6) is 0 Å². The van der Waals surface area contributed by atoms with Gasteiger partial charge in [0.25, 0.3) is 11.8 Å². The Hall–Kier alpha value is -2.52. The minimum absolute atomic E-state index is 0.344. The van der Waals surface area contributed by atoms with Gasteiger partial charge < -0.3 is 4.90 Å². The first-order valence-electron chi connectivity index (χ1n) is 7.57. The average molecular weight is 346 g/mol. The molecule has 0 atom stereocenters. The quantitative estimate of drug-likeness (QED) is 0.479. The number of nitrogens with one attached hydrogen (secondary N) is 1. The molecule has 1 aromatic rings. The summed E-state index contributed by atoms with van der Waals surface area (Å²) in [5.41, 5.74) is 3.73. The fourth-order valence-electron chi connectivity index (χ4n) is 2.54. The summed E-state index contributed by atoms with van der Waals surface area (Å²) in [5.74, 6) is 5.83. The Balaban J connectivity index is 1.84. The fourth-order valence-corrected chi connectivity index (χ4v) is 3.38. The second kappa shape index (κ2) is 6.54. The third-order valence-corrected chi connectivity index (χ3v) is 4.64. The maximum absolute atomic E-state index is 12.4. The molecule has 0 fully saturated rings. The van der Waals surface area contributed by atoms with Crippen LogP contribution in [0.3, 0.4) is 0 Å². The molecule has 0 saturated heterocycles. The summed E-state index contributed by atoms with van der Waals surface area (Å²) in [4.78, 5) is 26.9. The number of carbonyl (C=O) groups excluding carboxylic acids is 2. The molecule has 0 radical (unpaired) electrons. The highest BCUT2D eigenvalue weighted by Gasteiger charge is 2.37. The van der Waals surface area contributed by atoms with Crippen LogP contribution < -0.4 is 11.3 Å². The average Bonchev–Trinajstić information content (AvgIpc) is 2.81. The Bertz CT molecular complexity index is 708. The summed E-state index contributed by atoms with van der Waals surface area (Å²) >= 11 is 0.966. The minimum Gasteiger partial charge on any atom is -0.357 e. The van der Waals surface area contributed by atoms with Crippen molar-refractivity contribution in [2.24, 2.45) is 10.9 Å². The van der Waals surface area contributed by atoms with E-state index < -0.39 is 0 Å². The van der Waals surface area contributed by atoms with Crippen LogP contribution >= 0.6 is 11.9 Å². The molecule has 2 heterocycles. The van der Waals surface area contributed by atoms with Crippen LogP contribution in [-0.4, -0.2) is 44.4 Å². The predicted octanol–water partition coefficient (Wildman–Crippen LogP) is 1.12. The molecule has 2 aliphatic rings. The molecule has 3 N–H and O–H groups in total. The third kappa shape index (κ3) is 2.83. The number of nitrogens with zero attached hydrogens (tertiary/aromatic N) is 4. The topological polar surface area (TPSA) is 94.3 Å². The van der Waals surface area contributed by atoms with E-state index in [9.17, 15) is 9.59 Å². The first-order valence-corrected chi connectivity index (χ1v) is 8.35. The number of fused-ring (bicyclic) bond motifs is 1. The van der Waals surface area contributed by atoms with Crippen LogP contribution in [0.25, 0.3) is 0 Å². The molecule has 3 rings (SSSR count). The van der Waals surface area contributed by atoms with E-state index >= 15 is 0 Å². The van der Waals surface area contributed by atoms with Crippen molar-refractivity contribution in [1.82, 2.24) is 19.9 Å². The first kappa shape index (κ1) is 16.3. The van der Waals surface area contributed by atoms with Gasteiger partial charge in [-0.25, -0.2) is 10.1 Å². The molecule has 0 bridgehead atoms. The van der Waals surface area contributed by atoms with Crippen molar-refractivity contribution < 1.29 is 9.59 Å². The van der Waals surface area contributed by atoms with Gasteiger partial charge in [-0.1, -0.05) is 12.1 Å². The maximum atomic E-state index is 12.4. The Morgan fingerprint density at radius 3 is 2.29 bits per heavy atom. The predicted molar refractivity (Wildman–Crippen MR) is 92.1 cm³/mol. The molecule has 1 aromatic carbocycles. The zero-order valence-corrected chi connectivity index (χ0v) is 14.2. The molecular weight excluding hydrogens is 328 g/mol. The van der Waals surface area contributed by atoms with Crippen LogP contribution in [0.15, 0.2) is 41.3 Å². The van der Waals surface area contributed by atoms with Gasteiger partial charge in [-0.15, -0.1) is 10.3 Å². The molecule has 2 amide bonds. The smallest absolute Gasteiger partial charge is 0.272 e. The molecule has 2 aliphatic heterocycles. The number of hydrogen-bond donors (Lipinski definition) is 2. The van der Waals surface area contributed by atoms with E-state index in [1.807, 2.05) is 13.8 Å². The van der Waals surface area contributed by atoms with Crippen LogP contribution in [0.2, 0.25) is 0 Å². The standard InChI is InChI=1S/C15H18N6O2S/c1-3-19(4-2)12-9-13(18-21(16)17-12)24-20-14(22)10-7-5-6-8-11(10)15(20)23/h5-9,17H,3-4,16H2,1-2H3. The molecule has 9 heteroatoms. The zero-order chi connectivity index (χ0) is 17.3. The monoisotopic (exact) mass is 346 g/mol. The van der Waals surface area contributed by atoms with Crippen molar-refractivity contribution in [3.8, 4) is 0 Å². The number of carbonyl (C=O) groups is 2. The fraction of sp³-hybridized carbons (Fsp3) is 0.267. The van der Waals surface area contributed by atoms with Crippen molar-refractivity contribution in [3.63, 3.8) is 0 Å². The van der Waals surface area contributed by atoms with E-state index in [0.29, 0.717) is 16.2 Å². The number of hydrazone groups is 1. The number of rotatable bonds is 4. The third-order valence-electron chi connectivity index (χ3n) is 3.74. The molecule has 24 heavy (non-hydrogen) atoms. The zero-order valence-electron chi connectivity index (χ0n) is 13.4. The largest absolute Gasteiger partial charge is 0.357 e. The summed E-state index contributed by atoms with van der Waals surface area (Å²) in [6.45, 7) is 5.62. The van der Waals surface area contributed by atoms with Gasteiger partial charge in [-0.2, -0.15) is 0 Å². The van der Waals surface area contributed by atoms with Gasteiger partial charge >= 0.3 is 0 Å². The molecule has 0 aliphatic carbocycles. The van der Waals surface area contributed by atoms with Crippen molar-refractivity contribution in [2.45, 2.75) is 13.8 Å². The van der Waals surface area contributed by atoms with E-state index in [1.54, 1.807) is 30.3 Å². The van der Waals surface area contributed by atoms with E-state index in [2.05, 4.69) is 15.4 Å². The van der Waals surface area contributed by atoms with Crippen molar-refractivity contribution in [3.05, 3.63) is 47.3 Å². The number of imide groups is 1. The summed E-state index contributed by atoms with van der Waals surface area (Å²) in [7, 11) is 0. The number of benzene rings is 1. The highest BCUT2D eigenvalue weighted by atomic mass is 32.2. The summed E-state index contributed by atoms with van der Waals surface area (Å²) < 4.78 is 1.11. The molecular formula is C15H18N6O2S. The number of nitrogens with two attached hydrogens (primary N) is 1.